The molecule has 118 valence electrons. The van der Waals surface area contributed by atoms with Gasteiger partial charge in [0, 0.05) is 5.56 Å². The van der Waals surface area contributed by atoms with Crippen molar-refractivity contribution in [2.24, 2.45) is 5.41 Å². The third kappa shape index (κ3) is 3.85. The summed E-state index contributed by atoms with van der Waals surface area (Å²) in [5.74, 6) is -0.128. The summed E-state index contributed by atoms with van der Waals surface area (Å²) < 4.78 is 0.906. The second-order valence-corrected chi connectivity index (χ2v) is 9.47. The van der Waals surface area contributed by atoms with Crippen molar-refractivity contribution in [2.45, 2.75) is 27.2 Å². The summed E-state index contributed by atoms with van der Waals surface area (Å²) in [6.45, 7) is 6.38. The molecule has 0 saturated heterocycles. The Labute approximate surface area is 152 Å². The quantitative estimate of drug-likeness (QED) is 0.598. The van der Waals surface area contributed by atoms with Crippen molar-refractivity contribution in [2.75, 3.05) is 5.73 Å². The van der Waals surface area contributed by atoms with Crippen LogP contribution in [0.15, 0.2) is 22.0 Å². The third-order valence-corrected chi connectivity index (χ3v) is 5.65. The molecule has 0 fully saturated rings. The Morgan fingerprint density at radius 3 is 2.45 bits per heavy atom. The third-order valence-electron chi connectivity index (χ3n) is 3.10. The number of thiophene rings is 1. The van der Waals surface area contributed by atoms with Crippen LogP contribution in [0.4, 0.5) is 5.00 Å². The van der Waals surface area contributed by atoms with Crippen molar-refractivity contribution in [1.29, 1.82) is 0 Å². The van der Waals surface area contributed by atoms with Crippen LogP contribution in [0.25, 0.3) is 0 Å². The number of nitrogen functional groups attached to an aromatic ring is 1. The highest BCUT2D eigenvalue weighted by Crippen LogP contribution is 2.40. The molecule has 2 N–H and O–H groups in total. The number of halogens is 3. The minimum Gasteiger partial charge on any atom is -0.390 e. The van der Waals surface area contributed by atoms with Crippen molar-refractivity contribution in [3.05, 3.63) is 48.7 Å². The highest BCUT2D eigenvalue weighted by atomic mass is 79.9. The maximum absolute atomic E-state index is 12.9. The summed E-state index contributed by atoms with van der Waals surface area (Å²) in [5, 5.41) is 1.30. The van der Waals surface area contributed by atoms with Crippen LogP contribution in [0.1, 0.15) is 42.3 Å². The average molecular weight is 421 g/mol. The molecule has 22 heavy (non-hydrogen) atoms. The van der Waals surface area contributed by atoms with Crippen molar-refractivity contribution >= 4 is 61.3 Å². The van der Waals surface area contributed by atoms with Crippen LogP contribution in [0, 0.1) is 5.41 Å². The van der Waals surface area contributed by atoms with Crippen molar-refractivity contribution in [3.8, 4) is 0 Å². The van der Waals surface area contributed by atoms with Gasteiger partial charge in [-0.2, -0.15) is 0 Å². The monoisotopic (exact) mass is 419 g/mol. The van der Waals surface area contributed by atoms with Crippen LogP contribution in [-0.4, -0.2) is 5.78 Å². The molecule has 0 radical (unpaired) electrons. The molecule has 1 heterocycles. The minimum absolute atomic E-state index is 0.0443. The van der Waals surface area contributed by atoms with Gasteiger partial charge in [-0.15, -0.1) is 11.3 Å². The molecule has 0 aliphatic rings. The molecule has 0 bridgehead atoms. The second kappa shape index (κ2) is 6.52. The van der Waals surface area contributed by atoms with Gasteiger partial charge >= 0.3 is 0 Å². The van der Waals surface area contributed by atoms with E-state index in [-0.39, 0.29) is 11.2 Å². The number of ketones is 1. The van der Waals surface area contributed by atoms with E-state index in [0.717, 1.165) is 15.8 Å². The molecule has 2 nitrogen and oxygen atoms in total. The van der Waals surface area contributed by atoms with Crippen LogP contribution in [-0.2, 0) is 6.42 Å². The second-order valence-electron chi connectivity index (χ2n) is 6.29. The Kier molecular flexibility index (Phi) is 5.27. The first-order valence-corrected chi connectivity index (χ1v) is 9.03. The molecule has 0 amide bonds. The van der Waals surface area contributed by atoms with E-state index >= 15 is 0 Å². The Morgan fingerprint density at radius 1 is 1.27 bits per heavy atom. The lowest BCUT2D eigenvalue weighted by Crippen LogP contribution is -2.13. The molecule has 0 saturated carbocycles. The van der Waals surface area contributed by atoms with E-state index < -0.39 is 0 Å². The molecular formula is C16H16BrCl2NOS. The van der Waals surface area contributed by atoms with Gasteiger partial charge in [-0.05, 0) is 51.5 Å². The van der Waals surface area contributed by atoms with E-state index in [1.54, 1.807) is 18.2 Å². The van der Waals surface area contributed by atoms with Gasteiger partial charge in [0.2, 0.25) is 0 Å². The molecule has 0 aliphatic carbocycles. The van der Waals surface area contributed by atoms with E-state index in [9.17, 15) is 4.79 Å². The zero-order chi connectivity index (χ0) is 16.7. The van der Waals surface area contributed by atoms with Gasteiger partial charge in [0.1, 0.15) is 0 Å². The van der Waals surface area contributed by atoms with Gasteiger partial charge in [-0.25, -0.2) is 0 Å². The SMILES string of the molecule is CC(C)(C)Cc1c(Br)sc(N)c1C(=O)c1ccc(Cl)c(Cl)c1. The number of carbonyl (C=O) groups is 1. The Hall–Kier alpha value is -0.550. The maximum Gasteiger partial charge on any atom is 0.196 e. The van der Waals surface area contributed by atoms with Gasteiger partial charge in [-0.3, -0.25) is 4.79 Å². The van der Waals surface area contributed by atoms with E-state index in [1.165, 1.54) is 11.3 Å². The Bertz CT molecular complexity index is 734. The van der Waals surface area contributed by atoms with E-state index in [4.69, 9.17) is 28.9 Å². The predicted molar refractivity (Wildman–Crippen MR) is 99.5 cm³/mol. The van der Waals surface area contributed by atoms with E-state index in [2.05, 4.69) is 36.7 Å². The number of hydrogen-bond acceptors (Lipinski definition) is 3. The lowest BCUT2D eigenvalue weighted by molar-refractivity contribution is 0.103. The molecule has 1 aromatic heterocycles. The first kappa shape index (κ1) is 17.8. The number of carbonyl (C=O) groups excluding carboxylic acids is 1. The van der Waals surface area contributed by atoms with Crippen LogP contribution >= 0.6 is 50.5 Å². The first-order valence-electron chi connectivity index (χ1n) is 6.66. The zero-order valence-electron chi connectivity index (χ0n) is 12.5. The fourth-order valence-electron chi connectivity index (χ4n) is 2.18. The maximum atomic E-state index is 12.9. The largest absolute Gasteiger partial charge is 0.390 e. The minimum atomic E-state index is -0.128. The standard InChI is InChI=1S/C16H16BrCl2NOS/c1-16(2,3)7-9-12(15(20)22-14(9)17)13(21)8-4-5-10(18)11(19)6-8/h4-6H,7,20H2,1-3H3. The smallest absolute Gasteiger partial charge is 0.196 e. The van der Waals surface area contributed by atoms with Crippen molar-refractivity contribution in [3.63, 3.8) is 0 Å². The number of hydrogen-bond donors (Lipinski definition) is 1. The Morgan fingerprint density at radius 2 is 1.91 bits per heavy atom. The summed E-state index contributed by atoms with van der Waals surface area (Å²) >= 11 is 16.8. The first-order chi connectivity index (χ1) is 10.1. The van der Waals surface area contributed by atoms with Crippen LogP contribution in [0.5, 0.6) is 0 Å². The van der Waals surface area contributed by atoms with Gasteiger partial charge in [0.15, 0.2) is 5.78 Å². The highest BCUT2D eigenvalue weighted by molar-refractivity contribution is 9.11. The van der Waals surface area contributed by atoms with Gasteiger partial charge in [0.25, 0.3) is 0 Å². The molecule has 0 unspecified atom stereocenters. The molecule has 0 aliphatic heterocycles. The van der Waals surface area contributed by atoms with Gasteiger partial charge in [0.05, 0.1) is 24.4 Å². The molecule has 0 atom stereocenters. The normalized spacial score (nSPS) is 11.7. The van der Waals surface area contributed by atoms with Crippen LogP contribution in [0.2, 0.25) is 10.0 Å². The lowest BCUT2D eigenvalue weighted by Gasteiger charge is -2.19. The number of benzene rings is 1. The van der Waals surface area contributed by atoms with Crippen molar-refractivity contribution in [1.82, 2.24) is 0 Å². The molecule has 1 aromatic carbocycles. The lowest BCUT2D eigenvalue weighted by atomic mass is 9.86. The summed E-state index contributed by atoms with van der Waals surface area (Å²) in [6.07, 6.45) is 0.754. The topological polar surface area (TPSA) is 43.1 Å². The summed E-state index contributed by atoms with van der Waals surface area (Å²) in [5.41, 5.74) is 8.12. The molecule has 6 heteroatoms. The highest BCUT2D eigenvalue weighted by Gasteiger charge is 2.26. The molecular weight excluding hydrogens is 405 g/mol. The summed E-state index contributed by atoms with van der Waals surface area (Å²) in [6, 6.07) is 4.87. The molecule has 2 rings (SSSR count). The number of nitrogens with two attached hydrogens (primary N) is 1. The fraction of sp³-hybridized carbons (Fsp3) is 0.312. The van der Waals surface area contributed by atoms with Gasteiger partial charge in [-0.1, -0.05) is 44.0 Å². The van der Waals surface area contributed by atoms with E-state index in [0.29, 0.717) is 26.2 Å². The average Bonchev–Trinajstić information content (AvgIpc) is 2.65. The van der Waals surface area contributed by atoms with Crippen LogP contribution in [0.3, 0.4) is 0 Å². The van der Waals surface area contributed by atoms with Gasteiger partial charge < -0.3 is 5.73 Å². The van der Waals surface area contributed by atoms with Crippen LogP contribution < -0.4 is 5.73 Å². The predicted octanol–water partition coefficient (Wildman–Crippen LogP) is 6.22. The molecule has 2 aromatic rings. The summed E-state index contributed by atoms with van der Waals surface area (Å²) in [7, 11) is 0. The molecule has 0 spiro atoms. The van der Waals surface area contributed by atoms with Crippen molar-refractivity contribution < 1.29 is 4.79 Å². The number of anilines is 1. The fourth-order valence-corrected chi connectivity index (χ4v) is 4.14. The zero-order valence-corrected chi connectivity index (χ0v) is 16.4. The summed E-state index contributed by atoms with van der Waals surface area (Å²) in [4.78, 5) is 12.9. The Balaban J connectivity index is 2.51. The number of rotatable bonds is 3. The van der Waals surface area contributed by atoms with E-state index in [1.807, 2.05) is 0 Å².